The maximum absolute atomic E-state index is 11.9. The Hall–Kier alpha value is -0.870. The van der Waals surface area contributed by atoms with Crippen molar-refractivity contribution in [2.45, 2.75) is 32.5 Å². The van der Waals surface area contributed by atoms with E-state index in [1.165, 1.54) is 0 Å². The summed E-state index contributed by atoms with van der Waals surface area (Å²) in [5, 5.41) is 9.04. The van der Waals surface area contributed by atoms with Crippen LogP contribution in [0.1, 0.15) is 26.7 Å². The molecule has 1 N–H and O–H groups in total. The van der Waals surface area contributed by atoms with Gasteiger partial charge in [0, 0.05) is 23.8 Å². The van der Waals surface area contributed by atoms with Crippen LogP contribution in [0.2, 0.25) is 0 Å². The molecule has 2 aliphatic rings. The number of aliphatic hydroxyl groups excluding tert-OH is 1. The maximum atomic E-state index is 11.9. The summed E-state index contributed by atoms with van der Waals surface area (Å²) in [7, 11) is 0. The van der Waals surface area contributed by atoms with E-state index in [1.54, 1.807) is 0 Å². The summed E-state index contributed by atoms with van der Waals surface area (Å²) in [6.07, 6.45) is 1.79. The maximum Gasteiger partial charge on any atom is 0.173 e. The Labute approximate surface area is 88.9 Å². The van der Waals surface area contributed by atoms with Crippen molar-refractivity contribution in [3.8, 4) is 0 Å². The molecule has 4 nitrogen and oxygen atoms in total. The van der Waals surface area contributed by atoms with Gasteiger partial charge in [-0.15, -0.1) is 0 Å². The Morgan fingerprint density at radius 3 is 2.47 bits per heavy atom. The van der Waals surface area contributed by atoms with Gasteiger partial charge in [-0.25, -0.2) is 0 Å². The fraction of sp³-hybridized carbons (Fsp3) is 0.727. The minimum absolute atomic E-state index is 0.0188. The second-order valence-corrected chi connectivity index (χ2v) is 4.83. The van der Waals surface area contributed by atoms with Crippen LogP contribution in [0.25, 0.3) is 0 Å². The Kier molecular flexibility index (Phi) is 2.35. The Bertz CT molecular complexity index is 311. The van der Waals surface area contributed by atoms with Crippen LogP contribution in [-0.4, -0.2) is 29.9 Å². The van der Waals surface area contributed by atoms with Crippen LogP contribution >= 0.6 is 0 Å². The van der Waals surface area contributed by atoms with Crippen molar-refractivity contribution < 1.29 is 19.4 Å². The summed E-state index contributed by atoms with van der Waals surface area (Å²) >= 11 is 0. The first-order valence-electron chi connectivity index (χ1n) is 5.15. The lowest BCUT2D eigenvalue weighted by Crippen LogP contribution is -2.46. The molecule has 1 heterocycles. The molecule has 2 rings (SSSR count). The number of rotatable bonds is 0. The molecule has 1 aliphatic carbocycles. The minimum atomic E-state index is -0.689. The lowest BCUT2D eigenvalue weighted by atomic mass is 9.71. The predicted molar refractivity (Wildman–Crippen MR) is 53.4 cm³/mol. The monoisotopic (exact) mass is 212 g/mol. The van der Waals surface area contributed by atoms with Crippen LogP contribution in [0.5, 0.6) is 0 Å². The van der Waals surface area contributed by atoms with Crippen molar-refractivity contribution in [1.82, 2.24) is 0 Å². The van der Waals surface area contributed by atoms with Crippen molar-refractivity contribution in [2.75, 3.05) is 13.2 Å². The normalized spacial score (nSPS) is 31.3. The van der Waals surface area contributed by atoms with E-state index in [2.05, 4.69) is 0 Å². The second-order valence-electron chi connectivity index (χ2n) is 4.83. The minimum Gasteiger partial charge on any atom is -0.515 e. The van der Waals surface area contributed by atoms with Gasteiger partial charge >= 0.3 is 0 Å². The number of hydrogen-bond donors (Lipinski definition) is 1. The number of Topliss-reactive ketones (excluding diaryl/α,β-unsaturated/α-hetero) is 1. The first-order valence-corrected chi connectivity index (χ1v) is 5.15. The lowest BCUT2D eigenvalue weighted by Gasteiger charge is -2.40. The highest BCUT2D eigenvalue weighted by Gasteiger charge is 2.50. The number of ether oxygens (including phenoxy) is 2. The number of aliphatic hydroxyl groups is 1. The molecule has 0 bridgehead atoms. The highest BCUT2D eigenvalue weighted by molar-refractivity contribution is 6.00. The lowest BCUT2D eigenvalue weighted by molar-refractivity contribution is -0.189. The zero-order valence-corrected chi connectivity index (χ0v) is 9.08. The quantitative estimate of drug-likeness (QED) is 0.489. The van der Waals surface area contributed by atoms with Crippen molar-refractivity contribution in [3.63, 3.8) is 0 Å². The van der Waals surface area contributed by atoms with E-state index in [1.807, 2.05) is 13.8 Å². The third kappa shape index (κ3) is 1.68. The van der Waals surface area contributed by atoms with E-state index in [0.717, 1.165) is 6.26 Å². The van der Waals surface area contributed by atoms with E-state index in [-0.39, 0.29) is 5.78 Å². The highest BCUT2D eigenvalue weighted by Crippen LogP contribution is 2.45. The fourth-order valence-electron chi connectivity index (χ4n) is 2.43. The average Bonchev–Trinajstić information content (AvgIpc) is 2.59. The van der Waals surface area contributed by atoms with Crippen LogP contribution in [0.15, 0.2) is 11.8 Å². The Morgan fingerprint density at radius 1 is 1.33 bits per heavy atom. The van der Waals surface area contributed by atoms with Crippen molar-refractivity contribution in [2.24, 2.45) is 5.41 Å². The summed E-state index contributed by atoms with van der Waals surface area (Å²) in [6.45, 7) is 4.82. The van der Waals surface area contributed by atoms with Gasteiger partial charge in [0.25, 0.3) is 0 Å². The summed E-state index contributed by atoms with van der Waals surface area (Å²) in [4.78, 5) is 11.9. The molecule has 1 saturated carbocycles. The van der Waals surface area contributed by atoms with Crippen LogP contribution in [0.4, 0.5) is 0 Å². The summed E-state index contributed by atoms with van der Waals surface area (Å²) in [5.74, 6) is -0.707. The largest absolute Gasteiger partial charge is 0.515 e. The molecule has 1 spiro atoms. The zero-order valence-electron chi connectivity index (χ0n) is 9.08. The molecule has 0 aromatic rings. The molecule has 0 amide bonds. The van der Waals surface area contributed by atoms with Crippen molar-refractivity contribution in [3.05, 3.63) is 11.8 Å². The summed E-state index contributed by atoms with van der Waals surface area (Å²) < 4.78 is 11.1. The molecule has 4 heteroatoms. The van der Waals surface area contributed by atoms with Gasteiger partial charge < -0.3 is 14.6 Å². The van der Waals surface area contributed by atoms with Crippen LogP contribution in [0, 0.1) is 5.41 Å². The molecule has 0 aromatic heterocycles. The molecule has 0 atom stereocenters. The van der Waals surface area contributed by atoms with Crippen LogP contribution in [-0.2, 0) is 14.3 Å². The van der Waals surface area contributed by atoms with Gasteiger partial charge in [0.15, 0.2) is 11.6 Å². The van der Waals surface area contributed by atoms with Gasteiger partial charge in [-0.3, -0.25) is 4.79 Å². The fourth-order valence-corrected chi connectivity index (χ4v) is 2.43. The van der Waals surface area contributed by atoms with Gasteiger partial charge in [0.05, 0.1) is 19.5 Å². The molecule has 0 unspecified atom stereocenters. The number of hydrogen-bond acceptors (Lipinski definition) is 4. The topological polar surface area (TPSA) is 55.8 Å². The molecular weight excluding hydrogens is 196 g/mol. The van der Waals surface area contributed by atoms with Crippen molar-refractivity contribution >= 4 is 5.78 Å². The molecule has 0 radical (unpaired) electrons. The third-order valence-corrected chi connectivity index (χ3v) is 3.05. The Balaban J connectivity index is 2.30. The zero-order chi connectivity index (χ0) is 11.1. The third-order valence-electron chi connectivity index (χ3n) is 3.05. The van der Waals surface area contributed by atoms with Gasteiger partial charge in [0.2, 0.25) is 0 Å². The molecule has 84 valence electrons. The molecular formula is C11H16O4. The van der Waals surface area contributed by atoms with E-state index < -0.39 is 11.2 Å². The number of carbonyl (C=O) groups is 1. The van der Waals surface area contributed by atoms with Crippen LogP contribution < -0.4 is 0 Å². The van der Waals surface area contributed by atoms with Gasteiger partial charge in [-0.05, 0) is 0 Å². The first-order chi connectivity index (χ1) is 6.99. The standard InChI is InChI=1S/C11H16O4/c1-10(2)7-11(14-3-4-15-11)5-8(6-12)9(10)13/h6,12H,3-5,7H2,1-2H3/b8-6-. The van der Waals surface area contributed by atoms with Gasteiger partial charge in [0.1, 0.15) is 0 Å². The molecule has 1 aliphatic heterocycles. The molecule has 2 fully saturated rings. The SMILES string of the molecule is CC1(C)CC2(C/C(=C/O)C1=O)OCCO2. The summed E-state index contributed by atoms with van der Waals surface area (Å²) in [5.41, 5.74) is -0.134. The summed E-state index contributed by atoms with van der Waals surface area (Å²) in [6, 6.07) is 0. The smallest absolute Gasteiger partial charge is 0.173 e. The van der Waals surface area contributed by atoms with E-state index in [0.29, 0.717) is 31.6 Å². The average molecular weight is 212 g/mol. The predicted octanol–water partition coefficient (Wildman–Crippen LogP) is 1.56. The van der Waals surface area contributed by atoms with E-state index in [9.17, 15) is 4.79 Å². The molecule has 15 heavy (non-hydrogen) atoms. The molecule has 0 aromatic carbocycles. The van der Waals surface area contributed by atoms with Gasteiger partial charge in [-0.1, -0.05) is 13.8 Å². The molecule has 1 saturated heterocycles. The first kappa shape index (κ1) is 10.6. The highest BCUT2D eigenvalue weighted by atomic mass is 16.7. The second kappa shape index (κ2) is 3.32. The van der Waals surface area contributed by atoms with Gasteiger partial charge in [-0.2, -0.15) is 0 Å². The Morgan fingerprint density at radius 2 is 1.93 bits per heavy atom. The van der Waals surface area contributed by atoms with E-state index in [4.69, 9.17) is 14.6 Å². The van der Waals surface area contributed by atoms with Crippen LogP contribution in [0.3, 0.4) is 0 Å². The van der Waals surface area contributed by atoms with E-state index >= 15 is 0 Å². The van der Waals surface area contributed by atoms with Crippen molar-refractivity contribution in [1.29, 1.82) is 0 Å². The number of carbonyl (C=O) groups excluding carboxylic acids is 1. The number of ketones is 1.